The first-order valence-corrected chi connectivity index (χ1v) is 42.2. The molecule has 106 heavy (non-hydrogen) atoms. The molecule has 2 aliphatic heterocycles. The van der Waals surface area contributed by atoms with Gasteiger partial charge in [-0.3, -0.25) is 0 Å². The zero-order valence-electron chi connectivity index (χ0n) is 69.1. The fourth-order valence-electron chi connectivity index (χ4n) is 15.0. The van der Waals surface area contributed by atoms with Gasteiger partial charge in [0.15, 0.2) is 46.1 Å². The van der Waals surface area contributed by atoms with Crippen LogP contribution >= 0.6 is 0 Å². The van der Waals surface area contributed by atoms with Crippen LogP contribution in [0.15, 0.2) is 66.7 Å². The summed E-state index contributed by atoms with van der Waals surface area (Å²) in [5.41, 5.74) is 5.37. The maximum atomic E-state index is 7.57. The predicted octanol–water partition coefficient (Wildman–Crippen LogP) is 25.8. The van der Waals surface area contributed by atoms with Gasteiger partial charge in [0.05, 0.1) is 49.4 Å². The van der Waals surface area contributed by atoms with Crippen LogP contribution < -0.4 is 28.5 Å². The highest BCUT2D eigenvalue weighted by molar-refractivity contribution is 6.14. The van der Waals surface area contributed by atoms with Crippen molar-refractivity contribution in [2.45, 2.75) is 279 Å². The second kappa shape index (κ2) is 41.6. The van der Waals surface area contributed by atoms with Gasteiger partial charge in [0.25, 0.3) is 0 Å². The highest BCUT2D eigenvalue weighted by atomic mass is 16.7. The molecule has 7 aromatic rings. The molecule has 0 amide bonds. The lowest BCUT2D eigenvalue weighted by molar-refractivity contribution is 0.114. The van der Waals surface area contributed by atoms with Crippen molar-refractivity contribution in [1.82, 2.24) is 39.6 Å². The molecule has 0 fully saturated rings. The standard InChI is InChI=1S/C92H138N8O6/c1-60(2)30-23-36-66(13)48-54-101-77-47-29-46-76-78(77)88-95-87(76)99-92-75-45-22-21-44-74(75)91(100(92)106-59-53-71(18)41-28-35-65(11)12)98-86-73-43-20-19-42-72(73)85(93-86)94-89-79-80(90(96-88)97-89)82(103-56-50-68(15)38-25-32-62(5)6)84(105-58-52-70(17)40-27-34-64(9)10)83(104-57-51-69(16)39-26-33-63(7)8)81(79)102-55-49-67(14)37-24-31-61(3)4/h19-22,29,42-47,60-71H,23-28,30-41,48-59H2,1-18H3,(H,93,94,95,96,97,98,99). The Morgan fingerprint density at radius 2 is 0.604 bits per heavy atom. The zero-order valence-corrected chi connectivity index (χ0v) is 69.1. The summed E-state index contributed by atoms with van der Waals surface area (Å²) in [5, 5.41) is 3.09. The Balaban J connectivity index is 1.38. The fourth-order valence-corrected chi connectivity index (χ4v) is 15.0. The molecule has 6 atom stereocenters. The average molecular weight is 1450 g/mol. The van der Waals surface area contributed by atoms with E-state index in [-0.39, 0.29) is 0 Å². The number of ether oxygens (including phenoxy) is 5. The van der Waals surface area contributed by atoms with Gasteiger partial charge >= 0.3 is 0 Å². The van der Waals surface area contributed by atoms with Gasteiger partial charge in [-0.25, -0.2) is 29.9 Å². The first-order chi connectivity index (χ1) is 51.0. The summed E-state index contributed by atoms with van der Waals surface area (Å²) in [6, 6.07) is 22.8. The third kappa shape index (κ3) is 24.0. The summed E-state index contributed by atoms with van der Waals surface area (Å²) >= 11 is 0. The van der Waals surface area contributed by atoms with E-state index < -0.39 is 0 Å². The molecule has 582 valence electrons. The molecule has 4 aromatic carbocycles. The molecule has 14 heteroatoms. The molecule has 0 aliphatic carbocycles. The Morgan fingerprint density at radius 3 is 0.991 bits per heavy atom. The SMILES string of the molecule is CC(C)CCCC(C)CCOc1cccc2c1-c1nc-2nc2c3ccccc3c(nc3nc(nc4[nH]c(n1)c1c(OCCC(C)CCCC(C)C)c(OCCC(C)CCCC(C)C)c(OCCC(C)CCCC(C)C)c(OCCC(C)CCCC(C)C)c41)-c1ccccc1-3)n2OCCC(C)CCCC(C)C. The van der Waals surface area contributed by atoms with Gasteiger partial charge in [0.2, 0.25) is 11.5 Å². The Hall–Kier alpha value is -6.96. The quantitative estimate of drug-likeness (QED) is 0.0386. The Kier molecular flexibility index (Phi) is 32.6. The molecule has 0 saturated heterocycles. The number of nitrogens with zero attached hydrogens (tertiary/aromatic N) is 7. The molecule has 6 unspecified atom stereocenters. The number of benzene rings is 4. The van der Waals surface area contributed by atoms with E-state index in [4.69, 9.17) is 58.4 Å². The molecular formula is C92H138N8O6. The molecule has 0 spiro atoms. The van der Waals surface area contributed by atoms with Crippen LogP contribution in [0.5, 0.6) is 28.7 Å². The van der Waals surface area contributed by atoms with E-state index in [1.54, 1.807) is 0 Å². The molecule has 1 N–H and O–H groups in total. The van der Waals surface area contributed by atoms with Crippen molar-refractivity contribution in [2.24, 2.45) is 71.0 Å². The van der Waals surface area contributed by atoms with Crippen molar-refractivity contribution in [3.63, 3.8) is 0 Å². The Bertz CT molecular complexity index is 4020. The zero-order chi connectivity index (χ0) is 75.8. The third-order valence-electron chi connectivity index (χ3n) is 22.0. The number of rotatable bonds is 48. The van der Waals surface area contributed by atoms with Crippen molar-refractivity contribution in [3.05, 3.63) is 66.7 Å². The normalized spacial score (nSPS) is 14.0. The summed E-state index contributed by atoms with van der Waals surface area (Å²) in [7, 11) is 0. The van der Waals surface area contributed by atoms with Gasteiger partial charge in [-0.1, -0.05) is 301 Å². The summed E-state index contributed by atoms with van der Waals surface area (Å²) in [4.78, 5) is 45.1. The summed E-state index contributed by atoms with van der Waals surface area (Å²) in [5.74, 6) is 11.3. The van der Waals surface area contributed by atoms with Crippen LogP contribution in [0.2, 0.25) is 0 Å². The second-order valence-electron chi connectivity index (χ2n) is 35.0. The van der Waals surface area contributed by atoms with Gasteiger partial charge in [0.1, 0.15) is 23.7 Å². The van der Waals surface area contributed by atoms with Crippen molar-refractivity contribution >= 4 is 44.1 Å². The van der Waals surface area contributed by atoms with Crippen LogP contribution in [0, 0.1) is 71.0 Å². The van der Waals surface area contributed by atoms with Crippen LogP contribution in [0.1, 0.15) is 279 Å². The lowest BCUT2D eigenvalue weighted by Gasteiger charge is -2.23. The summed E-state index contributed by atoms with van der Waals surface area (Å²) in [6.45, 7) is 44.7. The van der Waals surface area contributed by atoms with E-state index in [9.17, 15) is 0 Å². The lowest BCUT2D eigenvalue weighted by atomic mass is 9.97. The highest BCUT2D eigenvalue weighted by Crippen LogP contribution is 2.55. The third-order valence-corrected chi connectivity index (χ3v) is 22.0. The van der Waals surface area contributed by atoms with Crippen LogP contribution in [-0.4, -0.2) is 79.3 Å². The minimum absolute atomic E-state index is 0.412. The minimum atomic E-state index is 0.412. The number of aromatic nitrogens is 8. The van der Waals surface area contributed by atoms with E-state index in [1.807, 2.05) is 4.73 Å². The van der Waals surface area contributed by atoms with Gasteiger partial charge < -0.3 is 33.5 Å². The smallest absolute Gasteiger partial charge is 0.208 e. The van der Waals surface area contributed by atoms with E-state index in [2.05, 4.69) is 196 Å². The molecule has 0 saturated carbocycles. The fraction of sp³-hybridized carbons (Fsp3) is 0.652. The molecule has 5 heterocycles. The topological polar surface area (TPSA) is 153 Å². The number of H-pyrrole nitrogens is 1. The molecule has 8 bridgehead atoms. The lowest BCUT2D eigenvalue weighted by Crippen LogP contribution is -2.16. The number of aromatic amines is 1. The highest BCUT2D eigenvalue weighted by Gasteiger charge is 2.33. The average Bonchev–Trinajstić information content (AvgIpc) is 1.55. The van der Waals surface area contributed by atoms with Crippen molar-refractivity contribution in [1.29, 1.82) is 0 Å². The number of hydrogen-bond acceptors (Lipinski definition) is 12. The number of nitrogens with one attached hydrogen (secondary N) is 1. The number of hydrogen-bond donors (Lipinski definition) is 1. The Labute approximate surface area is 639 Å². The van der Waals surface area contributed by atoms with E-state index in [0.717, 1.165) is 110 Å². The van der Waals surface area contributed by atoms with Crippen LogP contribution in [0.25, 0.3) is 89.7 Å². The van der Waals surface area contributed by atoms with E-state index in [0.29, 0.717) is 196 Å². The van der Waals surface area contributed by atoms with Gasteiger partial charge in [-0.15, -0.1) is 4.73 Å². The van der Waals surface area contributed by atoms with E-state index >= 15 is 0 Å². The molecule has 14 nitrogen and oxygen atoms in total. The maximum Gasteiger partial charge on any atom is 0.208 e. The number of fused-ring (bicyclic) bond motifs is 20. The predicted molar refractivity (Wildman–Crippen MR) is 443 cm³/mol. The van der Waals surface area contributed by atoms with Crippen molar-refractivity contribution in [3.8, 4) is 74.3 Å². The van der Waals surface area contributed by atoms with Crippen LogP contribution in [0.3, 0.4) is 0 Å². The largest absolute Gasteiger partial charge is 0.493 e. The monoisotopic (exact) mass is 1450 g/mol. The summed E-state index contributed by atoms with van der Waals surface area (Å²) in [6.07, 6.45) is 26.2. The van der Waals surface area contributed by atoms with Crippen LogP contribution in [0.4, 0.5) is 0 Å². The molecule has 3 aromatic heterocycles. The van der Waals surface area contributed by atoms with Crippen molar-refractivity contribution < 1.29 is 28.5 Å². The molecule has 2 aliphatic rings. The molecule has 0 radical (unpaired) electrons. The van der Waals surface area contributed by atoms with Gasteiger partial charge in [-0.2, -0.15) is 0 Å². The second-order valence-corrected chi connectivity index (χ2v) is 35.0. The molecule has 9 rings (SSSR count). The molecular weight excluding hydrogens is 1310 g/mol. The van der Waals surface area contributed by atoms with Gasteiger partial charge in [-0.05, 0) is 116 Å². The first-order valence-electron chi connectivity index (χ1n) is 42.2. The Morgan fingerprint density at radius 1 is 0.292 bits per heavy atom. The first kappa shape index (κ1) is 83.1. The van der Waals surface area contributed by atoms with E-state index in [1.165, 1.54) is 77.0 Å². The maximum absolute atomic E-state index is 7.57. The minimum Gasteiger partial charge on any atom is -0.493 e. The summed E-state index contributed by atoms with van der Waals surface area (Å²) < 4.78 is 39.0. The van der Waals surface area contributed by atoms with Crippen LogP contribution in [-0.2, 0) is 0 Å². The van der Waals surface area contributed by atoms with Crippen molar-refractivity contribution in [2.75, 3.05) is 39.6 Å². The van der Waals surface area contributed by atoms with Gasteiger partial charge in [0, 0.05) is 27.5 Å².